The minimum Gasteiger partial charge on any atom is -0.340 e. The molecule has 1 unspecified atom stereocenters. The van der Waals surface area contributed by atoms with Gasteiger partial charge in [0.05, 0.1) is 11.4 Å². The summed E-state index contributed by atoms with van der Waals surface area (Å²) in [6, 6.07) is 7.87. The van der Waals surface area contributed by atoms with Crippen LogP contribution in [0.3, 0.4) is 0 Å². The Balaban J connectivity index is 1.74. The second kappa shape index (κ2) is 6.17. The fourth-order valence-corrected chi connectivity index (χ4v) is 4.09. The van der Waals surface area contributed by atoms with Crippen molar-refractivity contribution in [3.05, 3.63) is 24.3 Å². The van der Waals surface area contributed by atoms with E-state index in [0.717, 1.165) is 17.0 Å². The molecule has 3 rings (SSSR count). The fraction of sp³-hybridized carbons (Fsp3) is 0.529. The number of nitrogens with two attached hydrogens (primary N) is 1. The van der Waals surface area contributed by atoms with Crippen molar-refractivity contribution in [3.63, 3.8) is 0 Å². The summed E-state index contributed by atoms with van der Waals surface area (Å²) in [4.78, 5) is 29.5. The number of nitrogens with zero attached hydrogens (tertiary/aromatic N) is 2. The lowest BCUT2D eigenvalue weighted by Gasteiger charge is -2.43. The van der Waals surface area contributed by atoms with Gasteiger partial charge in [0.25, 0.3) is 0 Å². The van der Waals surface area contributed by atoms with Crippen LogP contribution < -0.4 is 10.6 Å². The molecule has 0 radical (unpaired) electrons. The van der Waals surface area contributed by atoms with Gasteiger partial charge in [-0.3, -0.25) is 9.59 Å². The van der Waals surface area contributed by atoms with Crippen LogP contribution >= 0.6 is 11.8 Å². The van der Waals surface area contributed by atoms with E-state index in [-0.39, 0.29) is 29.8 Å². The standard InChI is InChI=1S/C17H23N3O2S/c1-17(2)11-19(8-7-14(17)18)15(21)9-20-12-5-3-4-6-13(12)23-10-16(20)22/h3-6,14H,7-11,18H2,1-2H3. The second-order valence-electron chi connectivity index (χ2n) is 6.94. The van der Waals surface area contributed by atoms with Gasteiger partial charge < -0.3 is 15.5 Å². The van der Waals surface area contributed by atoms with E-state index in [1.807, 2.05) is 29.2 Å². The van der Waals surface area contributed by atoms with Crippen LogP contribution in [-0.4, -0.2) is 48.1 Å². The molecule has 0 aromatic heterocycles. The highest BCUT2D eigenvalue weighted by Gasteiger charge is 2.36. The van der Waals surface area contributed by atoms with Crippen LogP contribution in [0.15, 0.2) is 29.2 Å². The van der Waals surface area contributed by atoms with E-state index in [1.165, 1.54) is 11.8 Å². The first-order chi connectivity index (χ1) is 10.9. The molecule has 6 heteroatoms. The number of para-hydroxylation sites is 1. The van der Waals surface area contributed by atoms with E-state index in [1.54, 1.807) is 4.90 Å². The molecule has 5 nitrogen and oxygen atoms in total. The summed E-state index contributed by atoms with van der Waals surface area (Å²) >= 11 is 1.53. The first-order valence-corrected chi connectivity index (χ1v) is 8.92. The van der Waals surface area contributed by atoms with Crippen LogP contribution in [0.1, 0.15) is 20.3 Å². The zero-order valence-electron chi connectivity index (χ0n) is 13.6. The molecule has 2 N–H and O–H groups in total. The Bertz CT molecular complexity index is 632. The highest BCUT2D eigenvalue weighted by molar-refractivity contribution is 8.00. The number of rotatable bonds is 2. The third-order valence-corrected chi connectivity index (χ3v) is 5.81. The van der Waals surface area contributed by atoms with Crippen LogP contribution in [0, 0.1) is 5.41 Å². The number of hydrogen-bond acceptors (Lipinski definition) is 4. The predicted octanol–water partition coefficient (Wildman–Crippen LogP) is 1.71. The molecular formula is C17H23N3O2S. The Morgan fingerprint density at radius 3 is 2.87 bits per heavy atom. The van der Waals surface area contributed by atoms with Crippen molar-refractivity contribution in [1.82, 2.24) is 4.90 Å². The Morgan fingerprint density at radius 1 is 1.39 bits per heavy atom. The van der Waals surface area contributed by atoms with Gasteiger partial charge in [-0.1, -0.05) is 26.0 Å². The minimum absolute atomic E-state index is 0.0000260. The van der Waals surface area contributed by atoms with E-state index in [0.29, 0.717) is 18.8 Å². The Labute approximate surface area is 141 Å². The lowest BCUT2D eigenvalue weighted by atomic mass is 9.79. The van der Waals surface area contributed by atoms with Crippen molar-refractivity contribution < 1.29 is 9.59 Å². The lowest BCUT2D eigenvalue weighted by molar-refractivity contribution is -0.134. The first-order valence-electron chi connectivity index (χ1n) is 7.94. The van der Waals surface area contributed by atoms with Crippen LogP contribution in [0.25, 0.3) is 0 Å². The molecule has 1 saturated heterocycles. The maximum Gasteiger partial charge on any atom is 0.242 e. The van der Waals surface area contributed by atoms with E-state index in [2.05, 4.69) is 13.8 Å². The van der Waals surface area contributed by atoms with Gasteiger partial charge in [0.15, 0.2) is 0 Å². The molecule has 2 aliphatic heterocycles. The molecule has 2 aliphatic rings. The molecule has 0 spiro atoms. The van der Waals surface area contributed by atoms with Gasteiger partial charge in [0.1, 0.15) is 6.54 Å². The van der Waals surface area contributed by atoms with Gasteiger partial charge in [-0.25, -0.2) is 0 Å². The highest BCUT2D eigenvalue weighted by atomic mass is 32.2. The summed E-state index contributed by atoms with van der Waals surface area (Å²) < 4.78 is 0. The predicted molar refractivity (Wildman–Crippen MR) is 92.5 cm³/mol. The molecular weight excluding hydrogens is 310 g/mol. The van der Waals surface area contributed by atoms with Gasteiger partial charge >= 0.3 is 0 Å². The fourth-order valence-electron chi connectivity index (χ4n) is 3.15. The number of carbonyl (C=O) groups is 2. The number of hydrogen-bond donors (Lipinski definition) is 1. The topological polar surface area (TPSA) is 66.6 Å². The molecule has 2 amide bonds. The van der Waals surface area contributed by atoms with E-state index in [9.17, 15) is 9.59 Å². The van der Waals surface area contributed by atoms with Crippen molar-refractivity contribution in [1.29, 1.82) is 0 Å². The molecule has 124 valence electrons. The van der Waals surface area contributed by atoms with Gasteiger partial charge in [-0.05, 0) is 24.0 Å². The van der Waals surface area contributed by atoms with Crippen molar-refractivity contribution >= 4 is 29.3 Å². The minimum atomic E-state index is -0.0897. The first kappa shape index (κ1) is 16.3. The van der Waals surface area contributed by atoms with Crippen LogP contribution in [0.2, 0.25) is 0 Å². The maximum atomic E-state index is 12.7. The Morgan fingerprint density at radius 2 is 2.13 bits per heavy atom. The largest absolute Gasteiger partial charge is 0.340 e. The summed E-state index contributed by atoms with van der Waals surface area (Å²) in [6.45, 7) is 5.61. The van der Waals surface area contributed by atoms with Crippen molar-refractivity contribution in [2.24, 2.45) is 11.1 Å². The average molecular weight is 333 g/mol. The summed E-state index contributed by atoms with van der Waals surface area (Å²) in [6.07, 6.45) is 0.805. The molecule has 0 aliphatic carbocycles. The van der Waals surface area contributed by atoms with Crippen LogP contribution in [-0.2, 0) is 9.59 Å². The number of anilines is 1. The van der Waals surface area contributed by atoms with Crippen molar-refractivity contribution in [2.45, 2.75) is 31.2 Å². The maximum absolute atomic E-state index is 12.7. The molecule has 0 saturated carbocycles. The highest BCUT2D eigenvalue weighted by Crippen LogP contribution is 2.35. The van der Waals surface area contributed by atoms with Crippen LogP contribution in [0.4, 0.5) is 5.69 Å². The number of carbonyl (C=O) groups excluding carboxylic acids is 2. The monoisotopic (exact) mass is 333 g/mol. The molecule has 1 aromatic carbocycles. The normalized spacial score (nSPS) is 23.6. The number of fused-ring (bicyclic) bond motifs is 1. The molecule has 23 heavy (non-hydrogen) atoms. The van der Waals surface area contributed by atoms with Gasteiger partial charge in [0, 0.05) is 24.0 Å². The summed E-state index contributed by atoms with van der Waals surface area (Å²) in [7, 11) is 0. The molecule has 1 aromatic rings. The van der Waals surface area contributed by atoms with E-state index >= 15 is 0 Å². The zero-order valence-corrected chi connectivity index (χ0v) is 14.4. The number of likely N-dealkylation sites (tertiary alicyclic amines) is 1. The average Bonchev–Trinajstić information content (AvgIpc) is 2.52. The number of thioether (sulfide) groups is 1. The number of benzene rings is 1. The third kappa shape index (κ3) is 3.23. The Kier molecular flexibility index (Phi) is 4.38. The molecule has 1 atom stereocenters. The van der Waals surface area contributed by atoms with E-state index < -0.39 is 0 Å². The number of amides is 2. The summed E-state index contributed by atoms with van der Waals surface area (Å²) in [5.74, 6) is 0.385. The second-order valence-corrected chi connectivity index (χ2v) is 7.95. The summed E-state index contributed by atoms with van der Waals surface area (Å²) in [5, 5.41) is 0. The molecule has 1 fully saturated rings. The molecule has 0 bridgehead atoms. The van der Waals surface area contributed by atoms with Crippen molar-refractivity contribution in [2.75, 3.05) is 30.3 Å². The smallest absolute Gasteiger partial charge is 0.242 e. The van der Waals surface area contributed by atoms with E-state index in [4.69, 9.17) is 5.73 Å². The van der Waals surface area contributed by atoms with Crippen molar-refractivity contribution in [3.8, 4) is 0 Å². The summed E-state index contributed by atoms with van der Waals surface area (Å²) in [5.41, 5.74) is 6.89. The number of piperidine rings is 1. The quantitative estimate of drug-likeness (QED) is 0.895. The Hall–Kier alpha value is -1.53. The van der Waals surface area contributed by atoms with Gasteiger partial charge in [-0.15, -0.1) is 11.8 Å². The lowest BCUT2D eigenvalue weighted by Crippen LogP contribution is -2.56. The zero-order chi connectivity index (χ0) is 16.6. The molecule has 2 heterocycles. The third-order valence-electron chi connectivity index (χ3n) is 4.77. The SMILES string of the molecule is CC1(C)CN(C(=O)CN2C(=O)CSc3ccccc32)CCC1N. The van der Waals surface area contributed by atoms with Gasteiger partial charge in [0.2, 0.25) is 11.8 Å². The van der Waals surface area contributed by atoms with Crippen LogP contribution in [0.5, 0.6) is 0 Å². The van der Waals surface area contributed by atoms with Gasteiger partial charge in [-0.2, -0.15) is 0 Å².